The number of likely N-dealkylation sites (N-methyl/N-ethyl adjacent to an activating group) is 1. The number of benzene rings is 2. The minimum absolute atomic E-state index is 0.0136. The predicted molar refractivity (Wildman–Crippen MR) is 169 cm³/mol. The van der Waals surface area contributed by atoms with Crippen LogP contribution in [0.5, 0.6) is 0 Å². The molecular formula is C35H44F3N3O2S. The van der Waals surface area contributed by atoms with E-state index in [1.807, 2.05) is 31.9 Å². The van der Waals surface area contributed by atoms with Gasteiger partial charge in [0.05, 0.1) is 10.7 Å². The summed E-state index contributed by atoms with van der Waals surface area (Å²) in [6.45, 7) is 8.84. The molecule has 2 aromatic carbocycles. The van der Waals surface area contributed by atoms with Crippen molar-refractivity contribution in [2.24, 2.45) is 11.8 Å². The highest BCUT2D eigenvalue weighted by Crippen LogP contribution is 2.44. The van der Waals surface area contributed by atoms with Crippen LogP contribution in [0, 0.1) is 29.3 Å². The molecule has 1 N–H and O–H groups in total. The molecule has 1 aliphatic heterocycles. The molecule has 4 atom stereocenters. The Kier molecular flexibility index (Phi) is 10.5. The Bertz CT molecular complexity index is 1440. The van der Waals surface area contributed by atoms with Gasteiger partial charge in [-0.3, -0.25) is 9.69 Å². The minimum atomic E-state index is -0.836. The molecule has 1 saturated heterocycles. The first kappa shape index (κ1) is 32.6. The Morgan fingerprint density at radius 2 is 1.84 bits per heavy atom. The standard InChI is InChI=1S/C35H44F3N3O2S/c1-5-31-34(44-32(39-31)16-22-9-10-29(37)30(38)15-22)23-11-13-41(14-12-23)20-25-18-27(40(4)33(21(2)3)35(42)43)19-28(25)24-7-6-8-26(36)17-24/h6-10,15,17,21,23,25,27-28,33H,5,11-14,16,18-20H2,1-4H3,(H,42,43)/t25?,27?,28?,33-/m1/s1. The zero-order chi connectivity index (χ0) is 31.5. The summed E-state index contributed by atoms with van der Waals surface area (Å²) in [4.78, 5) is 22.9. The zero-order valence-electron chi connectivity index (χ0n) is 26.1. The highest BCUT2D eigenvalue weighted by Gasteiger charge is 2.42. The first-order valence-corrected chi connectivity index (χ1v) is 16.7. The lowest BCUT2D eigenvalue weighted by molar-refractivity contribution is -0.145. The Morgan fingerprint density at radius 1 is 1.09 bits per heavy atom. The molecule has 3 unspecified atom stereocenters. The summed E-state index contributed by atoms with van der Waals surface area (Å²) in [5.74, 6) is -1.81. The van der Waals surface area contributed by atoms with Crippen molar-refractivity contribution in [2.75, 3.05) is 26.7 Å². The van der Waals surface area contributed by atoms with Gasteiger partial charge in [-0.05, 0) is 111 Å². The molecule has 1 aromatic heterocycles. The van der Waals surface area contributed by atoms with Gasteiger partial charge in [0.25, 0.3) is 0 Å². The molecule has 5 rings (SSSR count). The van der Waals surface area contributed by atoms with Gasteiger partial charge in [-0.2, -0.15) is 0 Å². The van der Waals surface area contributed by atoms with E-state index in [1.165, 1.54) is 23.1 Å². The number of piperidine rings is 1. The van der Waals surface area contributed by atoms with Crippen molar-refractivity contribution in [1.82, 2.24) is 14.8 Å². The number of aliphatic carboxylic acids is 1. The fourth-order valence-electron chi connectivity index (χ4n) is 7.53. The fourth-order valence-corrected chi connectivity index (χ4v) is 8.89. The van der Waals surface area contributed by atoms with Crippen LogP contribution < -0.4 is 0 Å². The predicted octanol–water partition coefficient (Wildman–Crippen LogP) is 7.50. The number of carbonyl (C=O) groups is 1. The number of aromatic nitrogens is 1. The van der Waals surface area contributed by atoms with Crippen LogP contribution in [-0.4, -0.2) is 64.6 Å². The lowest BCUT2D eigenvalue weighted by Gasteiger charge is -2.35. The average Bonchev–Trinajstić information content (AvgIpc) is 3.59. The smallest absolute Gasteiger partial charge is 0.321 e. The first-order chi connectivity index (χ1) is 21.0. The number of nitrogens with zero attached hydrogens (tertiary/aromatic N) is 3. The van der Waals surface area contributed by atoms with E-state index in [-0.39, 0.29) is 23.7 Å². The summed E-state index contributed by atoms with van der Waals surface area (Å²) >= 11 is 1.70. The molecule has 0 amide bonds. The number of rotatable bonds is 11. The number of carboxylic acids is 1. The SMILES string of the molecule is CCc1nc(Cc2ccc(F)c(F)c2)sc1C1CCN(CC2CC(N(C)[C@@H](C(=O)O)C(C)C)CC2c2cccc(F)c2)CC1. The number of thiazole rings is 1. The van der Waals surface area contributed by atoms with Gasteiger partial charge in [0, 0.05) is 23.9 Å². The van der Waals surface area contributed by atoms with E-state index < -0.39 is 23.6 Å². The molecule has 1 saturated carbocycles. The lowest BCUT2D eigenvalue weighted by Crippen LogP contribution is -2.47. The van der Waals surface area contributed by atoms with E-state index in [9.17, 15) is 23.1 Å². The summed E-state index contributed by atoms with van der Waals surface area (Å²) in [7, 11) is 1.93. The van der Waals surface area contributed by atoms with Gasteiger partial charge < -0.3 is 10.0 Å². The van der Waals surface area contributed by atoms with Crippen molar-refractivity contribution in [3.63, 3.8) is 0 Å². The summed E-state index contributed by atoms with van der Waals surface area (Å²) in [6, 6.07) is 10.5. The summed E-state index contributed by atoms with van der Waals surface area (Å²) in [5, 5.41) is 10.9. The normalized spacial score (nSPS) is 22.2. The van der Waals surface area contributed by atoms with Crippen molar-refractivity contribution in [2.45, 2.75) is 83.2 Å². The Hall–Kier alpha value is -2.75. The first-order valence-electron chi connectivity index (χ1n) is 15.9. The second-order valence-electron chi connectivity index (χ2n) is 13.0. The maximum atomic E-state index is 14.3. The molecule has 3 aromatic rings. The Morgan fingerprint density at radius 3 is 2.48 bits per heavy atom. The highest BCUT2D eigenvalue weighted by atomic mass is 32.1. The third-order valence-corrected chi connectivity index (χ3v) is 11.0. The van der Waals surface area contributed by atoms with E-state index in [0.29, 0.717) is 18.3 Å². The van der Waals surface area contributed by atoms with Crippen LogP contribution >= 0.6 is 11.3 Å². The number of hydrogen-bond acceptors (Lipinski definition) is 5. The maximum Gasteiger partial charge on any atom is 0.321 e. The van der Waals surface area contributed by atoms with Crippen molar-refractivity contribution in [3.8, 4) is 0 Å². The molecular weight excluding hydrogens is 583 g/mol. The van der Waals surface area contributed by atoms with Crippen molar-refractivity contribution in [3.05, 3.63) is 86.6 Å². The van der Waals surface area contributed by atoms with Crippen molar-refractivity contribution >= 4 is 17.3 Å². The summed E-state index contributed by atoms with van der Waals surface area (Å²) < 4.78 is 41.5. The topological polar surface area (TPSA) is 56.7 Å². The molecule has 2 heterocycles. The van der Waals surface area contributed by atoms with Crippen LogP contribution in [0.3, 0.4) is 0 Å². The third kappa shape index (κ3) is 7.37. The van der Waals surface area contributed by atoms with E-state index in [1.54, 1.807) is 29.5 Å². The van der Waals surface area contributed by atoms with E-state index >= 15 is 0 Å². The van der Waals surface area contributed by atoms with Crippen LogP contribution in [0.25, 0.3) is 0 Å². The maximum absolute atomic E-state index is 14.3. The van der Waals surface area contributed by atoms with Crippen LogP contribution in [0.4, 0.5) is 13.2 Å². The van der Waals surface area contributed by atoms with Crippen molar-refractivity contribution in [1.29, 1.82) is 0 Å². The monoisotopic (exact) mass is 627 g/mol. The zero-order valence-corrected chi connectivity index (χ0v) is 26.9. The highest BCUT2D eigenvalue weighted by molar-refractivity contribution is 7.11. The van der Waals surface area contributed by atoms with Gasteiger partial charge >= 0.3 is 5.97 Å². The van der Waals surface area contributed by atoms with Gasteiger partial charge in [-0.25, -0.2) is 18.2 Å². The molecule has 1 aliphatic carbocycles. The number of aryl methyl sites for hydroxylation is 1. The number of hydrogen-bond donors (Lipinski definition) is 1. The Labute approximate surface area is 263 Å². The van der Waals surface area contributed by atoms with Crippen LogP contribution in [0.15, 0.2) is 42.5 Å². The largest absolute Gasteiger partial charge is 0.480 e. The van der Waals surface area contributed by atoms with E-state index in [0.717, 1.165) is 73.6 Å². The van der Waals surface area contributed by atoms with Gasteiger partial charge in [0.15, 0.2) is 11.6 Å². The van der Waals surface area contributed by atoms with Crippen molar-refractivity contribution < 1.29 is 23.1 Å². The molecule has 0 bridgehead atoms. The molecule has 0 radical (unpaired) electrons. The minimum Gasteiger partial charge on any atom is -0.480 e. The molecule has 238 valence electrons. The van der Waals surface area contributed by atoms with Crippen LogP contribution in [0.1, 0.15) is 85.0 Å². The number of carboxylic acid groups (broad SMARTS) is 1. The third-order valence-electron chi connectivity index (χ3n) is 9.74. The molecule has 9 heteroatoms. The molecule has 2 aliphatic rings. The molecule has 5 nitrogen and oxygen atoms in total. The molecule has 0 spiro atoms. The van der Waals surface area contributed by atoms with Crippen LogP contribution in [-0.2, 0) is 17.6 Å². The second-order valence-corrected chi connectivity index (χ2v) is 14.1. The summed E-state index contributed by atoms with van der Waals surface area (Å²) in [5.41, 5.74) is 2.83. The van der Waals surface area contributed by atoms with Gasteiger partial charge in [-0.1, -0.05) is 39.0 Å². The van der Waals surface area contributed by atoms with E-state index in [4.69, 9.17) is 4.98 Å². The summed E-state index contributed by atoms with van der Waals surface area (Å²) in [6.07, 6.45) is 5.08. The lowest BCUT2D eigenvalue weighted by atomic mass is 9.87. The molecule has 44 heavy (non-hydrogen) atoms. The number of likely N-dealkylation sites (tertiary alicyclic amines) is 1. The van der Waals surface area contributed by atoms with Gasteiger partial charge in [0.1, 0.15) is 11.9 Å². The van der Waals surface area contributed by atoms with Crippen LogP contribution in [0.2, 0.25) is 0 Å². The van der Waals surface area contributed by atoms with E-state index in [2.05, 4.69) is 11.8 Å². The number of halogens is 3. The fraction of sp³-hybridized carbons (Fsp3) is 0.543. The molecule has 2 fully saturated rings. The van der Waals surface area contributed by atoms with Gasteiger partial charge in [-0.15, -0.1) is 11.3 Å². The van der Waals surface area contributed by atoms with Gasteiger partial charge in [0.2, 0.25) is 0 Å². The quantitative estimate of drug-likeness (QED) is 0.239. The Balaban J connectivity index is 1.26. The average molecular weight is 628 g/mol. The second kappa shape index (κ2) is 14.1.